The van der Waals surface area contributed by atoms with E-state index in [0.717, 1.165) is 52.6 Å². The average Bonchev–Trinajstić information content (AvgIpc) is 3.01. The Morgan fingerprint density at radius 3 is 1.03 bits per heavy atom. The Morgan fingerprint density at radius 2 is 0.711 bits per heavy atom. The monoisotopic (exact) mass is 500 g/mol. The maximum Gasteiger partial charge on any atom is 0.0642 e. The van der Waals surface area contributed by atoms with Gasteiger partial charge in [0.1, 0.15) is 0 Å². The largest absolute Gasteiger partial charge is 0.378 e. The second-order valence-electron chi connectivity index (χ2n) is 10.1. The molecule has 2 fully saturated rings. The molecule has 0 N–H and O–H groups in total. The Kier molecular flexibility index (Phi) is 6.20. The van der Waals surface area contributed by atoms with Crippen LogP contribution >= 0.6 is 0 Å². The zero-order chi connectivity index (χ0) is 25.3. The Balaban J connectivity index is 1.36. The van der Waals surface area contributed by atoms with Crippen molar-refractivity contribution in [2.45, 2.75) is 0 Å². The van der Waals surface area contributed by atoms with Gasteiger partial charge in [0, 0.05) is 37.6 Å². The molecule has 0 amide bonds. The van der Waals surface area contributed by atoms with Crippen LogP contribution in [-0.2, 0) is 9.47 Å². The average molecular weight is 501 g/mol. The summed E-state index contributed by atoms with van der Waals surface area (Å²) in [5.41, 5.74) is 7.65. The normalized spacial score (nSPS) is 16.3. The van der Waals surface area contributed by atoms with E-state index >= 15 is 0 Å². The molecule has 0 unspecified atom stereocenters. The fourth-order valence-electron chi connectivity index (χ4n) is 6.07. The molecule has 5 aromatic rings. The molecule has 0 aromatic heterocycles. The third kappa shape index (κ3) is 4.20. The van der Waals surface area contributed by atoms with E-state index in [-0.39, 0.29) is 0 Å². The molecule has 0 spiro atoms. The van der Waals surface area contributed by atoms with Gasteiger partial charge in [0.2, 0.25) is 0 Å². The second-order valence-corrected chi connectivity index (χ2v) is 10.1. The third-order valence-corrected chi connectivity index (χ3v) is 8.00. The molecule has 0 bridgehead atoms. The Morgan fingerprint density at radius 1 is 0.395 bits per heavy atom. The quantitative estimate of drug-likeness (QED) is 0.248. The van der Waals surface area contributed by atoms with E-state index in [1.807, 2.05) is 0 Å². The maximum absolute atomic E-state index is 5.55. The Bertz CT molecular complexity index is 1390. The molecule has 5 aromatic carbocycles. The third-order valence-electron chi connectivity index (χ3n) is 8.00. The molecule has 2 heterocycles. The number of anilines is 2. The van der Waals surface area contributed by atoms with Gasteiger partial charge in [-0.25, -0.2) is 0 Å². The van der Waals surface area contributed by atoms with E-state index in [4.69, 9.17) is 9.47 Å². The van der Waals surface area contributed by atoms with Gasteiger partial charge in [0.25, 0.3) is 0 Å². The molecule has 0 atom stereocenters. The van der Waals surface area contributed by atoms with E-state index < -0.39 is 0 Å². The molecule has 0 radical (unpaired) electrons. The lowest BCUT2D eigenvalue weighted by molar-refractivity contribution is 0.122. The number of fused-ring (bicyclic) bond motifs is 2. The van der Waals surface area contributed by atoms with Crippen molar-refractivity contribution in [1.82, 2.24) is 0 Å². The summed E-state index contributed by atoms with van der Waals surface area (Å²) in [4.78, 5) is 4.82. The van der Waals surface area contributed by atoms with Crippen molar-refractivity contribution in [2.24, 2.45) is 0 Å². The summed E-state index contributed by atoms with van der Waals surface area (Å²) in [5.74, 6) is 0. The minimum Gasteiger partial charge on any atom is -0.378 e. The zero-order valence-electron chi connectivity index (χ0n) is 21.6. The van der Waals surface area contributed by atoms with Crippen LogP contribution < -0.4 is 9.80 Å². The summed E-state index contributed by atoms with van der Waals surface area (Å²) in [6.45, 7) is 6.98. The number of ether oxygens (including phenoxy) is 2. The minimum atomic E-state index is 0.798. The van der Waals surface area contributed by atoms with Gasteiger partial charge in [-0.1, -0.05) is 72.8 Å². The van der Waals surface area contributed by atoms with Crippen LogP contribution in [0, 0.1) is 0 Å². The number of rotatable bonds is 4. The van der Waals surface area contributed by atoms with E-state index in [2.05, 4.69) is 107 Å². The van der Waals surface area contributed by atoms with Crippen LogP contribution in [0.4, 0.5) is 11.4 Å². The molecule has 4 nitrogen and oxygen atoms in total. The van der Waals surface area contributed by atoms with Crippen LogP contribution in [0.3, 0.4) is 0 Å². The topological polar surface area (TPSA) is 24.9 Å². The van der Waals surface area contributed by atoms with Crippen LogP contribution in [0.25, 0.3) is 43.8 Å². The van der Waals surface area contributed by atoms with Gasteiger partial charge in [0.15, 0.2) is 0 Å². The number of benzene rings is 5. The first kappa shape index (κ1) is 23.3. The van der Waals surface area contributed by atoms with Crippen LogP contribution in [0.1, 0.15) is 0 Å². The number of hydrogen-bond donors (Lipinski definition) is 0. The van der Waals surface area contributed by atoms with Gasteiger partial charge < -0.3 is 19.3 Å². The van der Waals surface area contributed by atoms with Crippen molar-refractivity contribution in [3.05, 3.63) is 97.1 Å². The highest BCUT2D eigenvalue weighted by Gasteiger charge is 2.18. The first-order chi connectivity index (χ1) is 18.9. The molecular formula is C34H32N2O2. The van der Waals surface area contributed by atoms with E-state index in [1.165, 1.54) is 55.2 Å². The predicted octanol–water partition coefficient (Wildman–Crippen LogP) is 7.00. The summed E-state index contributed by atoms with van der Waals surface area (Å²) in [6.07, 6.45) is 0. The first-order valence-corrected chi connectivity index (χ1v) is 13.7. The van der Waals surface area contributed by atoms with Crippen LogP contribution in [0.5, 0.6) is 0 Å². The lowest BCUT2D eigenvalue weighted by atomic mass is 9.86. The van der Waals surface area contributed by atoms with Crippen LogP contribution in [0.15, 0.2) is 97.1 Å². The first-order valence-electron chi connectivity index (χ1n) is 13.7. The highest BCUT2D eigenvalue weighted by atomic mass is 16.5. The predicted molar refractivity (Wildman–Crippen MR) is 158 cm³/mol. The minimum absolute atomic E-state index is 0.798. The highest BCUT2D eigenvalue weighted by Crippen LogP contribution is 2.44. The van der Waals surface area contributed by atoms with Crippen molar-refractivity contribution >= 4 is 32.9 Å². The second kappa shape index (κ2) is 10.1. The fourth-order valence-corrected chi connectivity index (χ4v) is 6.07. The number of hydrogen-bond acceptors (Lipinski definition) is 4. The highest BCUT2D eigenvalue weighted by molar-refractivity contribution is 6.21. The van der Waals surface area contributed by atoms with Gasteiger partial charge in [-0.15, -0.1) is 0 Å². The molecular weight excluding hydrogens is 468 g/mol. The van der Waals surface area contributed by atoms with Crippen molar-refractivity contribution in [2.75, 3.05) is 62.4 Å². The standard InChI is InChI=1S/C34H32N2O2/c1-2-6-30-29(5-1)33(25-9-13-27(14-10-25)35-17-21-37-22-18-35)31-7-3-4-8-32(31)34(30)26-11-15-28(16-12-26)36-19-23-38-24-20-36/h1-16H,17-24H2. The summed E-state index contributed by atoms with van der Waals surface area (Å²) in [6, 6.07) is 36.0. The van der Waals surface area contributed by atoms with Crippen LogP contribution in [-0.4, -0.2) is 52.6 Å². The fraction of sp³-hybridized carbons (Fsp3) is 0.235. The van der Waals surface area contributed by atoms with E-state index in [0.29, 0.717) is 0 Å². The zero-order valence-corrected chi connectivity index (χ0v) is 21.6. The van der Waals surface area contributed by atoms with Gasteiger partial charge in [-0.2, -0.15) is 0 Å². The van der Waals surface area contributed by atoms with Crippen molar-refractivity contribution in [1.29, 1.82) is 0 Å². The lowest BCUT2D eigenvalue weighted by Gasteiger charge is -2.29. The number of morpholine rings is 2. The molecule has 2 aliphatic heterocycles. The number of nitrogens with zero attached hydrogens (tertiary/aromatic N) is 2. The van der Waals surface area contributed by atoms with Gasteiger partial charge in [-0.05, 0) is 68.1 Å². The molecule has 190 valence electrons. The van der Waals surface area contributed by atoms with E-state index in [1.54, 1.807) is 0 Å². The summed E-state index contributed by atoms with van der Waals surface area (Å²) in [5, 5.41) is 5.16. The molecule has 38 heavy (non-hydrogen) atoms. The summed E-state index contributed by atoms with van der Waals surface area (Å²) in [7, 11) is 0. The van der Waals surface area contributed by atoms with Gasteiger partial charge in [0.05, 0.1) is 26.4 Å². The van der Waals surface area contributed by atoms with Crippen LogP contribution in [0.2, 0.25) is 0 Å². The summed E-state index contributed by atoms with van der Waals surface area (Å²) < 4.78 is 11.1. The van der Waals surface area contributed by atoms with Crippen molar-refractivity contribution < 1.29 is 9.47 Å². The molecule has 4 heteroatoms. The smallest absolute Gasteiger partial charge is 0.0642 e. The maximum atomic E-state index is 5.55. The molecule has 2 aliphatic rings. The van der Waals surface area contributed by atoms with Gasteiger partial charge >= 0.3 is 0 Å². The molecule has 2 saturated heterocycles. The molecule has 0 saturated carbocycles. The Labute approximate surface area is 224 Å². The molecule has 7 rings (SSSR count). The SMILES string of the molecule is c1ccc2c(-c3ccc(N4CCOCC4)cc3)c3ccccc3c(-c3ccc(N4CCOCC4)cc3)c2c1. The van der Waals surface area contributed by atoms with Gasteiger partial charge in [-0.3, -0.25) is 0 Å². The Hall–Kier alpha value is -3.86. The van der Waals surface area contributed by atoms with E-state index in [9.17, 15) is 0 Å². The summed E-state index contributed by atoms with van der Waals surface area (Å²) >= 11 is 0. The van der Waals surface area contributed by atoms with Crippen molar-refractivity contribution in [3.8, 4) is 22.3 Å². The molecule has 0 aliphatic carbocycles. The lowest BCUT2D eigenvalue weighted by Crippen LogP contribution is -2.36. The van der Waals surface area contributed by atoms with Crippen molar-refractivity contribution in [3.63, 3.8) is 0 Å².